The van der Waals surface area contributed by atoms with Crippen molar-refractivity contribution in [3.63, 3.8) is 0 Å². The lowest BCUT2D eigenvalue weighted by Crippen LogP contribution is -2.41. The minimum absolute atomic E-state index is 0.121. The molecule has 1 fully saturated rings. The Hall–Kier alpha value is -2.15. The molecular weight excluding hydrogens is 330 g/mol. The van der Waals surface area contributed by atoms with Gasteiger partial charge in [-0.05, 0) is 44.1 Å². The third-order valence-corrected chi connectivity index (χ3v) is 4.97. The van der Waals surface area contributed by atoms with Crippen molar-refractivity contribution >= 4 is 5.91 Å². The van der Waals surface area contributed by atoms with Gasteiger partial charge in [-0.3, -0.25) is 14.2 Å². The fourth-order valence-corrected chi connectivity index (χ4v) is 3.60. The first-order valence-corrected chi connectivity index (χ1v) is 9.41. The number of carbonyl (C=O) groups excluding carboxylic acids is 1. The van der Waals surface area contributed by atoms with Crippen LogP contribution in [0.4, 0.5) is 0 Å². The van der Waals surface area contributed by atoms with Crippen LogP contribution in [0.3, 0.4) is 0 Å². The highest BCUT2D eigenvalue weighted by molar-refractivity contribution is 5.93. The monoisotopic (exact) mass is 359 g/mol. The number of aliphatic hydroxyl groups is 1. The molecule has 2 aromatic heterocycles. The van der Waals surface area contributed by atoms with Crippen LogP contribution in [-0.2, 0) is 20.0 Å². The molecule has 0 spiro atoms. The molecule has 0 saturated heterocycles. The number of hydrogen-bond acceptors (Lipinski definition) is 4. The van der Waals surface area contributed by atoms with E-state index in [0.29, 0.717) is 31.0 Å². The van der Waals surface area contributed by atoms with Gasteiger partial charge >= 0.3 is 0 Å². The van der Waals surface area contributed by atoms with Gasteiger partial charge in [0.1, 0.15) is 5.69 Å². The first-order valence-electron chi connectivity index (χ1n) is 9.41. The molecule has 1 aliphatic rings. The normalized spacial score (nSPS) is 20.8. The van der Waals surface area contributed by atoms with E-state index in [0.717, 1.165) is 17.7 Å². The SMILES string of the molecule is CCn1nc(CC(C)C)cc1C(=O)NC(c1cnn(C)c1)C1CC(O)C1. The van der Waals surface area contributed by atoms with Crippen LogP contribution in [0.5, 0.6) is 0 Å². The molecule has 0 radical (unpaired) electrons. The summed E-state index contributed by atoms with van der Waals surface area (Å²) in [6, 6.07) is 1.75. The fourth-order valence-electron chi connectivity index (χ4n) is 3.60. The highest BCUT2D eigenvalue weighted by atomic mass is 16.3. The predicted octanol–water partition coefficient (Wildman–Crippen LogP) is 2.08. The van der Waals surface area contributed by atoms with Crippen LogP contribution in [0.1, 0.15) is 61.4 Å². The Kier molecular flexibility index (Phi) is 5.46. The molecule has 7 heteroatoms. The Bertz CT molecular complexity index is 758. The van der Waals surface area contributed by atoms with Gasteiger partial charge in [0, 0.05) is 25.4 Å². The number of rotatable bonds is 7. The first kappa shape index (κ1) is 18.6. The molecule has 26 heavy (non-hydrogen) atoms. The second-order valence-electron chi connectivity index (χ2n) is 7.72. The average Bonchev–Trinajstić information content (AvgIpc) is 3.15. The maximum atomic E-state index is 13.0. The third kappa shape index (κ3) is 3.98. The quantitative estimate of drug-likeness (QED) is 0.793. The van der Waals surface area contributed by atoms with Crippen LogP contribution in [0, 0.1) is 11.8 Å². The van der Waals surface area contributed by atoms with Crippen LogP contribution in [0.15, 0.2) is 18.5 Å². The molecule has 142 valence electrons. The molecule has 1 saturated carbocycles. The lowest BCUT2D eigenvalue weighted by molar-refractivity contribution is 0.0234. The average molecular weight is 359 g/mol. The van der Waals surface area contributed by atoms with Crippen LogP contribution in [0.25, 0.3) is 0 Å². The summed E-state index contributed by atoms with van der Waals surface area (Å²) in [4.78, 5) is 13.0. The number of aryl methyl sites for hydroxylation is 2. The van der Waals surface area contributed by atoms with Gasteiger partial charge in [0.15, 0.2) is 0 Å². The van der Waals surface area contributed by atoms with Gasteiger partial charge in [-0.15, -0.1) is 0 Å². The molecule has 2 heterocycles. The van der Waals surface area contributed by atoms with Crippen molar-refractivity contribution in [2.75, 3.05) is 0 Å². The van der Waals surface area contributed by atoms with E-state index in [1.165, 1.54) is 0 Å². The van der Waals surface area contributed by atoms with Crippen molar-refractivity contribution in [2.45, 2.75) is 58.7 Å². The number of hydrogen-bond donors (Lipinski definition) is 2. The van der Waals surface area contributed by atoms with Crippen LogP contribution in [-0.4, -0.2) is 36.7 Å². The minimum Gasteiger partial charge on any atom is -0.393 e. The van der Waals surface area contributed by atoms with Crippen molar-refractivity contribution in [1.29, 1.82) is 0 Å². The number of amides is 1. The van der Waals surface area contributed by atoms with Gasteiger partial charge in [-0.25, -0.2) is 0 Å². The topological polar surface area (TPSA) is 85.0 Å². The zero-order valence-corrected chi connectivity index (χ0v) is 16.0. The fraction of sp³-hybridized carbons (Fsp3) is 0.632. The molecule has 2 aromatic rings. The molecule has 0 aliphatic heterocycles. The number of nitrogens with one attached hydrogen (secondary N) is 1. The Labute approximate surface area is 154 Å². The maximum Gasteiger partial charge on any atom is 0.270 e. The molecule has 1 amide bonds. The van der Waals surface area contributed by atoms with Crippen LogP contribution < -0.4 is 5.32 Å². The molecule has 1 atom stereocenters. The summed E-state index contributed by atoms with van der Waals surface area (Å²) in [6.07, 6.45) is 5.70. The molecule has 0 aromatic carbocycles. The summed E-state index contributed by atoms with van der Waals surface area (Å²) in [5, 5.41) is 21.7. The van der Waals surface area contributed by atoms with Gasteiger partial charge in [0.2, 0.25) is 0 Å². The van der Waals surface area contributed by atoms with E-state index in [1.54, 1.807) is 15.6 Å². The number of aromatic nitrogens is 4. The van der Waals surface area contributed by atoms with Gasteiger partial charge in [0.25, 0.3) is 5.91 Å². The molecule has 2 N–H and O–H groups in total. The minimum atomic E-state index is -0.269. The predicted molar refractivity (Wildman–Crippen MR) is 98.6 cm³/mol. The lowest BCUT2D eigenvalue weighted by atomic mass is 9.75. The third-order valence-electron chi connectivity index (χ3n) is 4.97. The second kappa shape index (κ2) is 7.61. The largest absolute Gasteiger partial charge is 0.393 e. The zero-order chi connectivity index (χ0) is 18.8. The highest BCUT2D eigenvalue weighted by Crippen LogP contribution is 2.38. The van der Waals surface area contributed by atoms with Crippen molar-refractivity contribution in [3.8, 4) is 0 Å². The smallest absolute Gasteiger partial charge is 0.270 e. The standard InChI is InChI=1S/C19H29N5O2/c1-5-24-17(9-15(22-24)6-12(2)3)19(26)21-18(13-7-16(25)8-13)14-10-20-23(4)11-14/h9-13,16,18,25H,5-8H2,1-4H3,(H,21,26). The number of carbonyl (C=O) groups is 1. The van der Waals surface area contributed by atoms with Gasteiger partial charge in [-0.2, -0.15) is 10.2 Å². The molecule has 1 aliphatic carbocycles. The van der Waals surface area contributed by atoms with E-state index in [9.17, 15) is 9.90 Å². The summed E-state index contributed by atoms with van der Waals surface area (Å²) in [6.45, 7) is 6.93. The summed E-state index contributed by atoms with van der Waals surface area (Å²) < 4.78 is 3.50. The summed E-state index contributed by atoms with van der Waals surface area (Å²) in [7, 11) is 1.86. The van der Waals surface area contributed by atoms with E-state index in [4.69, 9.17) is 0 Å². The van der Waals surface area contributed by atoms with E-state index >= 15 is 0 Å². The molecule has 7 nitrogen and oxygen atoms in total. The summed E-state index contributed by atoms with van der Waals surface area (Å²) in [5.41, 5.74) is 2.52. The van der Waals surface area contributed by atoms with Gasteiger partial charge in [0.05, 0.1) is 24.0 Å². The Balaban J connectivity index is 1.80. The Morgan fingerprint density at radius 3 is 2.69 bits per heavy atom. The van der Waals surface area contributed by atoms with E-state index in [-0.39, 0.29) is 24.0 Å². The summed E-state index contributed by atoms with van der Waals surface area (Å²) >= 11 is 0. The van der Waals surface area contributed by atoms with Gasteiger partial charge in [-0.1, -0.05) is 13.8 Å². The van der Waals surface area contributed by atoms with E-state index in [1.807, 2.05) is 26.2 Å². The van der Waals surface area contributed by atoms with E-state index in [2.05, 4.69) is 29.4 Å². The van der Waals surface area contributed by atoms with Crippen LogP contribution >= 0.6 is 0 Å². The maximum absolute atomic E-state index is 13.0. The Morgan fingerprint density at radius 2 is 2.15 bits per heavy atom. The second-order valence-corrected chi connectivity index (χ2v) is 7.72. The molecule has 3 rings (SSSR count). The number of aliphatic hydroxyl groups excluding tert-OH is 1. The van der Waals surface area contributed by atoms with Gasteiger partial charge < -0.3 is 10.4 Å². The Morgan fingerprint density at radius 1 is 1.42 bits per heavy atom. The highest BCUT2D eigenvalue weighted by Gasteiger charge is 2.36. The van der Waals surface area contributed by atoms with Crippen molar-refractivity contribution in [3.05, 3.63) is 35.4 Å². The zero-order valence-electron chi connectivity index (χ0n) is 16.0. The molecule has 1 unspecified atom stereocenters. The van der Waals surface area contributed by atoms with Crippen LogP contribution in [0.2, 0.25) is 0 Å². The van der Waals surface area contributed by atoms with Crippen molar-refractivity contribution < 1.29 is 9.90 Å². The molecular formula is C19H29N5O2. The first-order chi connectivity index (χ1) is 12.4. The van der Waals surface area contributed by atoms with Crippen molar-refractivity contribution in [2.24, 2.45) is 18.9 Å². The van der Waals surface area contributed by atoms with Crippen molar-refractivity contribution in [1.82, 2.24) is 24.9 Å². The molecule has 0 bridgehead atoms. The lowest BCUT2D eigenvalue weighted by Gasteiger charge is -2.37. The van der Waals surface area contributed by atoms with E-state index < -0.39 is 0 Å². The summed E-state index contributed by atoms with van der Waals surface area (Å²) in [5.74, 6) is 0.599. The number of nitrogens with zero attached hydrogens (tertiary/aromatic N) is 4.